The summed E-state index contributed by atoms with van der Waals surface area (Å²) < 4.78 is 35.0. The molecule has 0 aliphatic rings. The van der Waals surface area contributed by atoms with Gasteiger partial charge in [0.25, 0.3) is 0 Å². The maximum atomic E-state index is 11.7. The molecule has 0 fully saturated rings. The summed E-state index contributed by atoms with van der Waals surface area (Å²) in [6.45, 7) is -0.369. The Labute approximate surface area is 86.8 Å². The highest BCUT2D eigenvalue weighted by molar-refractivity contribution is 5.77. The van der Waals surface area contributed by atoms with Gasteiger partial charge < -0.3 is 15.5 Å². The molecule has 2 N–H and O–H groups in total. The molecular formula is C8H16F3N3O. The Kier molecular flexibility index (Phi) is 6.26. The van der Waals surface area contributed by atoms with Crippen LogP contribution in [-0.2, 0) is 4.79 Å². The molecule has 0 atom stereocenters. The second kappa shape index (κ2) is 6.62. The maximum absolute atomic E-state index is 11.7. The normalized spacial score (nSPS) is 11.9. The number of halogens is 3. The Morgan fingerprint density at radius 3 is 2.40 bits per heavy atom. The van der Waals surface area contributed by atoms with Crippen molar-refractivity contribution in [3.05, 3.63) is 0 Å². The summed E-state index contributed by atoms with van der Waals surface area (Å²) >= 11 is 0. The number of likely N-dealkylation sites (N-methyl/N-ethyl adjacent to an activating group) is 1. The largest absolute Gasteiger partial charge is 0.401 e. The van der Waals surface area contributed by atoms with Gasteiger partial charge in [0, 0.05) is 13.1 Å². The second-order valence-corrected chi connectivity index (χ2v) is 3.37. The van der Waals surface area contributed by atoms with E-state index in [0.29, 0.717) is 13.1 Å². The van der Waals surface area contributed by atoms with Gasteiger partial charge in [0.15, 0.2) is 0 Å². The minimum absolute atomic E-state index is 0.313. The van der Waals surface area contributed by atoms with E-state index < -0.39 is 18.6 Å². The number of alkyl halides is 3. The zero-order chi connectivity index (χ0) is 11.9. The molecule has 0 aromatic rings. The lowest BCUT2D eigenvalue weighted by Gasteiger charge is -2.11. The molecule has 0 unspecified atom stereocenters. The molecule has 0 saturated heterocycles. The fraction of sp³-hybridized carbons (Fsp3) is 0.875. The van der Waals surface area contributed by atoms with Gasteiger partial charge in [-0.15, -0.1) is 0 Å². The zero-order valence-corrected chi connectivity index (χ0v) is 8.82. The third kappa shape index (κ3) is 11.1. The van der Waals surface area contributed by atoms with Crippen LogP contribution in [0.5, 0.6) is 0 Å². The fourth-order valence-electron chi connectivity index (χ4n) is 0.799. The molecule has 0 aliphatic carbocycles. The third-order valence-corrected chi connectivity index (χ3v) is 1.49. The molecule has 0 rings (SSSR count). The summed E-state index contributed by atoms with van der Waals surface area (Å²) in [6.07, 6.45) is -4.27. The molecule has 7 heteroatoms. The molecule has 4 nitrogen and oxygen atoms in total. The van der Waals surface area contributed by atoms with Gasteiger partial charge >= 0.3 is 6.18 Å². The van der Waals surface area contributed by atoms with E-state index in [-0.39, 0.29) is 6.54 Å². The highest BCUT2D eigenvalue weighted by atomic mass is 19.4. The average Bonchev–Trinajstić information content (AvgIpc) is 2.00. The van der Waals surface area contributed by atoms with Gasteiger partial charge in [0.1, 0.15) is 0 Å². The Bertz CT molecular complexity index is 194. The van der Waals surface area contributed by atoms with E-state index >= 15 is 0 Å². The standard InChI is InChI=1S/C8H16F3N3O/c1-14(2)4-3-13-7(15)5-12-6-8(9,10)11/h12H,3-6H2,1-2H3,(H,13,15). The molecule has 90 valence electrons. The number of carbonyl (C=O) groups is 1. The van der Waals surface area contributed by atoms with Crippen molar-refractivity contribution in [2.45, 2.75) is 6.18 Å². The van der Waals surface area contributed by atoms with Gasteiger partial charge in [-0.1, -0.05) is 0 Å². The third-order valence-electron chi connectivity index (χ3n) is 1.49. The van der Waals surface area contributed by atoms with Crippen LogP contribution in [0.1, 0.15) is 0 Å². The topological polar surface area (TPSA) is 44.4 Å². The predicted molar refractivity (Wildman–Crippen MR) is 50.5 cm³/mol. The number of amides is 1. The number of nitrogens with zero attached hydrogens (tertiary/aromatic N) is 1. The first-order valence-corrected chi connectivity index (χ1v) is 4.50. The summed E-state index contributed by atoms with van der Waals surface area (Å²) in [5, 5.41) is 4.50. The Balaban J connectivity index is 3.42. The molecule has 15 heavy (non-hydrogen) atoms. The van der Waals surface area contributed by atoms with Crippen LogP contribution in [0.3, 0.4) is 0 Å². The predicted octanol–water partition coefficient (Wildman–Crippen LogP) is -0.184. The van der Waals surface area contributed by atoms with Gasteiger partial charge in [-0.2, -0.15) is 13.2 Å². The highest BCUT2D eigenvalue weighted by Crippen LogP contribution is 2.11. The van der Waals surface area contributed by atoms with E-state index in [4.69, 9.17) is 0 Å². The summed E-state index contributed by atoms with van der Waals surface area (Å²) in [7, 11) is 3.68. The molecule has 0 radical (unpaired) electrons. The SMILES string of the molecule is CN(C)CCNC(=O)CNCC(F)(F)F. The molecule has 0 aromatic heterocycles. The van der Waals surface area contributed by atoms with Crippen molar-refractivity contribution >= 4 is 5.91 Å². The van der Waals surface area contributed by atoms with Crippen LogP contribution >= 0.6 is 0 Å². The molecule has 0 bridgehead atoms. The van der Waals surface area contributed by atoms with E-state index in [1.165, 1.54) is 0 Å². The molecule has 1 amide bonds. The van der Waals surface area contributed by atoms with Crippen molar-refractivity contribution < 1.29 is 18.0 Å². The second-order valence-electron chi connectivity index (χ2n) is 3.37. The van der Waals surface area contributed by atoms with Crippen LogP contribution < -0.4 is 10.6 Å². The first kappa shape index (κ1) is 14.2. The number of hydrogen-bond acceptors (Lipinski definition) is 3. The van der Waals surface area contributed by atoms with Crippen LogP contribution in [0, 0.1) is 0 Å². The quantitative estimate of drug-likeness (QED) is 0.661. The van der Waals surface area contributed by atoms with E-state index in [2.05, 4.69) is 5.32 Å². The lowest BCUT2D eigenvalue weighted by Crippen LogP contribution is -2.40. The number of hydrogen-bond donors (Lipinski definition) is 2. The van der Waals surface area contributed by atoms with Crippen molar-refractivity contribution in [3.63, 3.8) is 0 Å². The lowest BCUT2D eigenvalue weighted by atomic mass is 10.5. The van der Waals surface area contributed by atoms with Crippen LogP contribution in [-0.4, -0.2) is 57.3 Å². The average molecular weight is 227 g/mol. The summed E-state index contributed by atoms with van der Waals surface area (Å²) in [6, 6.07) is 0. The van der Waals surface area contributed by atoms with Crippen LogP contribution in [0.25, 0.3) is 0 Å². The fourth-order valence-corrected chi connectivity index (χ4v) is 0.799. The molecular weight excluding hydrogens is 211 g/mol. The Morgan fingerprint density at radius 2 is 1.93 bits per heavy atom. The van der Waals surface area contributed by atoms with Crippen molar-refractivity contribution in [2.24, 2.45) is 0 Å². The van der Waals surface area contributed by atoms with Crippen LogP contribution in [0.15, 0.2) is 0 Å². The van der Waals surface area contributed by atoms with E-state index in [9.17, 15) is 18.0 Å². The summed E-state index contributed by atoms with van der Waals surface area (Å²) in [5.41, 5.74) is 0. The maximum Gasteiger partial charge on any atom is 0.401 e. The number of nitrogens with one attached hydrogen (secondary N) is 2. The van der Waals surface area contributed by atoms with Gasteiger partial charge in [-0.05, 0) is 14.1 Å². The van der Waals surface area contributed by atoms with Gasteiger partial charge in [0.05, 0.1) is 13.1 Å². The molecule has 0 heterocycles. The Morgan fingerprint density at radius 1 is 1.33 bits per heavy atom. The Hall–Kier alpha value is -0.820. The smallest absolute Gasteiger partial charge is 0.354 e. The summed E-state index contributed by atoms with van der Waals surface area (Å²) in [5.74, 6) is -0.430. The monoisotopic (exact) mass is 227 g/mol. The minimum Gasteiger partial charge on any atom is -0.354 e. The minimum atomic E-state index is -4.27. The van der Waals surface area contributed by atoms with Crippen molar-refractivity contribution in [2.75, 3.05) is 40.3 Å². The first-order chi connectivity index (χ1) is 6.81. The van der Waals surface area contributed by atoms with Crippen molar-refractivity contribution in [3.8, 4) is 0 Å². The van der Waals surface area contributed by atoms with Crippen molar-refractivity contribution in [1.82, 2.24) is 15.5 Å². The molecule has 0 saturated carbocycles. The van der Waals surface area contributed by atoms with Crippen molar-refractivity contribution in [1.29, 1.82) is 0 Å². The highest BCUT2D eigenvalue weighted by Gasteiger charge is 2.26. The molecule has 0 aliphatic heterocycles. The van der Waals surface area contributed by atoms with Crippen LogP contribution in [0.2, 0.25) is 0 Å². The van der Waals surface area contributed by atoms with Crippen LogP contribution in [0.4, 0.5) is 13.2 Å². The van der Waals surface area contributed by atoms with E-state index in [0.717, 1.165) is 0 Å². The van der Waals surface area contributed by atoms with Gasteiger partial charge in [-0.25, -0.2) is 0 Å². The van der Waals surface area contributed by atoms with Gasteiger partial charge in [0.2, 0.25) is 5.91 Å². The molecule has 0 spiro atoms. The zero-order valence-electron chi connectivity index (χ0n) is 8.82. The van der Waals surface area contributed by atoms with Gasteiger partial charge in [-0.3, -0.25) is 4.79 Å². The summed E-state index contributed by atoms with van der Waals surface area (Å²) in [4.78, 5) is 12.8. The number of rotatable bonds is 6. The first-order valence-electron chi connectivity index (χ1n) is 4.50. The van der Waals surface area contributed by atoms with E-state index in [1.807, 2.05) is 24.3 Å². The number of carbonyl (C=O) groups excluding carboxylic acids is 1. The lowest BCUT2D eigenvalue weighted by molar-refractivity contribution is -0.128. The van der Waals surface area contributed by atoms with E-state index in [1.54, 1.807) is 0 Å². The molecule has 0 aromatic carbocycles.